The third-order valence-electron chi connectivity index (χ3n) is 0.849. The van der Waals surface area contributed by atoms with Crippen molar-refractivity contribution in [1.29, 1.82) is 0 Å². The Labute approximate surface area is 69.2 Å². The average molecular weight is 210 g/mol. The van der Waals surface area contributed by atoms with E-state index in [1.807, 2.05) is 6.92 Å². The molecule has 0 aromatic rings. The molecule has 4 heteroatoms. The van der Waals surface area contributed by atoms with Crippen molar-refractivity contribution in [1.82, 2.24) is 5.48 Å². The van der Waals surface area contributed by atoms with Gasteiger partial charge in [-0.3, -0.25) is 9.63 Å². The Morgan fingerprint density at radius 3 is 2.50 bits per heavy atom. The van der Waals surface area contributed by atoms with Gasteiger partial charge in [0.05, 0.1) is 6.61 Å². The maximum Gasteiger partial charge on any atom is 0.259 e. The zero-order valence-corrected chi connectivity index (χ0v) is 7.99. The Morgan fingerprint density at radius 1 is 1.70 bits per heavy atom. The van der Waals surface area contributed by atoms with Crippen LogP contribution in [-0.2, 0) is 9.63 Å². The van der Waals surface area contributed by atoms with Gasteiger partial charge in [-0.1, -0.05) is 15.9 Å². The van der Waals surface area contributed by atoms with Crippen molar-refractivity contribution in [3.05, 3.63) is 0 Å². The molecule has 3 nitrogen and oxygen atoms in total. The third-order valence-corrected chi connectivity index (χ3v) is 1.21. The number of halogens is 1. The van der Waals surface area contributed by atoms with Crippen LogP contribution in [0.5, 0.6) is 0 Å². The molecule has 0 radical (unpaired) electrons. The Morgan fingerprint density at radius 2 is 2.20 bits per heavy atom. The van der Waals surface area contributed by atoms with E-state index in [0.717, 1.165) is 0 Å². The van der Waals surface area contributed by atoms with Crippen LogP contribution in [0.2, 0.25) is 0 Å². The standard InChI is InChI=1S/C6H12BrNO2/c1-4-10-8-5(9)6(2,3)7/h4H2,1-3H3,(H,8,9). The van der Waals surface area contributed by atoms with Gasteiger partial charge < -0.3 is 0 Å². The summed E-state index contributed by atoms with van der Waals surface area (Å²) in [6, 6.07) is 0. The third kappa shape index (κ3) is 3.85. The minimum absolute atomic E-state index is 0.172. The van der Waals surface area contributed by atoms with Crippen LogP contribution >= 0.6 is 15.9 Å². The van der Waals surface area contributed by atoms with Crippen molar-refractivity contribution in [2.75, 3.05) is 6.61 Å². The van der Waals surface area contributed by atoms with Gasteiger partial charge in [0.2, 0.25) is 0 Å². The molecule has 60 valence electrons. The smallest absolute Gasteiger partial charge is 0.259 e. The molecule has 1 amide bonds. The van der Waals surface area contributed by atoms with Gasteiger partial charge in [-0.15, -0.1) is 0 Å². The SMILES string of the molecule is CCONC(=O)C(C)(C)Br. The van der Waals surface area contributed by atoms with Crippen molar-refractivity contribution >= 4 is 21.8 Å². The molecule has 0 atom stereocenters. The summed E-state index contributed by atoms with van der Waals surface area (Å²) in [4.78, 5) is 15.6. The Bertz CT molecular complexity index is 119. The lowest BCUT2D eigenvalue weighted by Crippen LogP contribution is -2.37. The number of hydrogen-bond donors (Lipinski definition) is 1. The fourth-order valence-corrected chi connectivity index (χ4v) is 0.340. The highest BCUT2D eigenvalue weighted by Crippen LogP contribution is 2.14. The number of alkyl halides is 1. The van der Waals surface area contributed by atoms with E-state index in [0.29, 0.717) is 6.61 Å². The molecule has 0 aliphatic carbocycles. The van der Waals surface area contributed by atoms with E-state index in [1.54, 1.807) is 13.8 Å². The molecular formula is C6H12BrNO2. The van der Waals surface area contributed by atoms with Gasteiger partial charge in [-0.25, -0.2) is 5.48 Å². The highest BCUT2D eigenvalue weighted by atomic mass is 79.9. The number of hydrogen-bond acceptors (Lipinski definition) is 2. The lowest BCUT2D eigenvalue weighted by atomic mass is 10.2. The molecule has 0 aromatic heterocycles. The topological polar surface area (TPSA) is 38.3 Å². The molecule has 0 saturated carbocycles. The van der Waals surface area contributed by atoms with Gasteiger partial charge in [-0.2, -0.15) is 0 Å². The van der Waals surface area contributed by atoms with E-state index in [-0.39, 0.29) is 5.91 Å². The molecule has 0 aliphatic rings. The molecule has 0 bridgehead atoms. The van der Waals surface area contributed by atoms with Gasteiger partial charge in [0.1, 0.15) is 4.32 Å². The summed E-state index contributed by atoms with van der Waals surface area (Å²) in [6.07, 6.45) is 0. The zero-order chi connectivity index (χ0) is 8.20. The summed E-state index contributed by atoms with van der Waals surface area (Å²) < 4.78 is -0.553. The van der Waals surface area contributed by atoms with E-state index < -0.39 is 4.32 Å². The van der Waals surface area contributed by atoms with E-state index in [9.17, 15) is 4.79 Å². The monoisotopic (exact) mass is 209 g/mol. The number of hydroxylamine groups is 1. The van der Waals surface area contributed by atoms with Gasteiger partial charge in [0.15, 0.2) is 0 Å². The minimum Gasteiger partial charge on any atom is -0.274 e. The predicted octanol–water partition coefficient (Wildman–Crippen LogP) is 1.23. The van der Waals surface area contributed by atoms with Crippen molar-refractivity contribution in [2.24, 2.45) is 0 Å². The molecule has 0 fully saturated rings. The van der Waals surface area contributed by atoms with Crippen LogP contribution in [-0.4, -0.2) is 16.8 Å². The van der Waals surface area contributed by atoms with Crippen molar-refractivity contribution in [2.45, 2.75) is 25.1 Å². The van der Waals surface area contributed by atoms with E-state index in [2.05, 4.69) is 21.4 Å². The normalized spacial score (nSPS) is 11.2. The second-order valence-corrected chi connectivity index (χ2v) is 4.32. The maximum absolute atomic E-state index is 10.9. The average Bonchev–Trinajstić information content (AvgIpc) is 1.80. The van der Waals surface area contributed by atoms with Gasteiger partial charge in [-0.05, 0) is 20.8 Å². The lowest BCUT2D eigenvalue weighted by molar-refractivity contribution is -0.134. The second-order valence-electron chi connectivity index (χ2n) is 2.34. The Balaban J connectivity index is 3.64. The van der Waals surface area contributed by atoms with Crippen LogP contribution in [0.4, 0.5) is 0 Å². The predicted molar refractivity (Wildman–Crippen MR) is 42.8 cm³/mol. The molecule has 10 heavy (non-hydrogen) atoms. The molecule has 0 aromatic carbocycles. The summed E-state index contributed by atoms with van der Waals surface area (Å²) in [5, 5.41) is 0. The highest BCUT2D eigenvalue weighted by molar-refractivity contribution is 9.10. The molecule has 0 heterocycles. The summed E-state index contributed by atoms with van der Waals surface area (Å²) in [5.74, 6) is -0.172. The van der Waals surface area contributed by atoms with Crippen molar-refractivity contribution in [3.63, 3.8) is 0 Å². The van der Waals surface area contributed by atoms with E-state index in [4.69, 9.17) is 4.84 Å². The second kappa shape index (κ2) is 3.93. The number of amides is 1. The fraction of sp³-hybridized carbons (Fsp3) is 0.833. The van der Waals surface area contributed by atoms with Crippen LogP contribution in [0.15, 0.2) is 0 Å². The van der Waals surface area contributed by atoms with Crippen LogP contribution < -0.4 is 5.48 Å². The highest BCUT2D eigenvalue weighted by Gasteiger charge is 2.23. The maximum atomic E-state index is 10.9. The van der Waals surface area contributed by atoms with Gasteiger partial charge >= 0.3 is 0 Å². The molecule has 0 spiro atoms. The van der Waals surface area contributed by atoms with Crippen molar-refractivity contribution in [3.8, 4) is 0 Å². The molecule has 0 saturated heterocycles. The van der Waals surface area contributed by atoms with Crippen LogP contribution in [0.1, 0.15) is 20.8 Å². The zero-order valence-electron chi connectivity index (χ0n) is 6.40. The van der Waals surface area contributed by atoms with Crippen LogP contribution in [0, 0.1) is 0 Å². The lowest BCUT2D eigenvalue weighted by Gasteiger charge is -2.14. The quantitative estimate of drug-likeness (QED) is 0.561. The Kier molecular flexibility index (Phi) is 3.89. The largest absolute Gasteiger partial charge is 0.274 e. The molecular weight excluding hydrogens is 198 g/mol. The molecule has 0 aliphatic heterocycles. The van der Waals surface area contributed by atoms with E-state index in [1.165, 1.54) is 0 Å². The first-order chi connectivity index (χ1) is 4.48. The van der Waals surface area contributed by atoms with Crippen LogP contribution in [0.3, 0.4) is 0 Å². The van der Waals surface area contributed by atoms with Crippen LogP contribution in [0.25, 0.3) is 0 Å². The molecule has 1 N–H and O–H groups in total. The Hall–Kier alpha value is -0.0900. The first-order valence-corrected chi connectivity index (χ1v) is 3.89. The molecule has 0 rings (SSSR count). The first kappa shape index (κ1) is 9.91. The molecule has 0 unspecified atom stereocenters. The summed E-state index contributed by atoms with van der Waals surface area (Å²) in [7, 11) is 0. The van der Waals surface area contributed by atoms with Gasteiger partial charge in [0.25, 0.3) is 5.91 Å². The summed E-state index contributed by atoms with van der Waals surface area (Å²) in [5.41, 5.74) is 2.29. The number of carbonyl (C=O) groups excluding carboxylic acids is 1. The van der Waals surface area contributed by atoms with E-state index >= 15 is 0 Å². The number of carbonyl (C=O) groups is 1. The summed E-state index contributed by atoms with van der Waals surface area (Å²) in [6.45, 7) is 5.79. The number of rotatable bonds is 3. The van der Waals surface area contributed by atoms with Gasteiger partial charge in [0, 0.05) is 0 Å². The first-order valence-electron chi connectivity index (χ1n) is 3.09. The fourth-order valence-electron chi connectivity index (χ4n) is 0.259. The summed E-state index contributed by atoms with van der Waals surface area (Å²) >= 11 is 3.18. The van der Waals surface area contributed by atoms with Crippen molar-refractivity contribution < 1.29 is 9.63 Å². The minimum atomic E-state index is -0.553. The number of nitrogens with one attached hydrogen (secondary N) is 1.